The van der Waals surface area contributed by atoms with Crippen molar-refractivity contribution in [2.24, 2.45) is 5.92 Å². The molecule has 1 N–H and O–H groups in total. The minimum absolute atomic E-state index is 0.0536. The fraction of sp³-hybridized carbons (Fsp3) is 0.562. The van der Waals surface area contributed by atoms with Gasteiger partial charge in [-0.1, -0.05) is 12.1 Å². The van der Waals surface area contributed by atoms with Crippen molar-refractivity contribution in [3.63, 3.8) is 0 Å². The predicted molar refractivity (Wildman–Crippen MR) is 94.0 cm³/mol. The van der Waals surface area contributed by atoms with Gasteiger partial charge in [-0.3, -0.25) is 14.9 Å². The topological polar surface area (TPSA) is 113 Å². The van der Waals surface area contributed by atoms with Crippen LogP contribution in [0.4, 0.5) is 5.69 Å². The Morgan fingerprint density at radius 3 is 2.50 bits per heavy atom. The van der Waals surface area contributed by atoms with Crippen LogP contribution >= 0.6 is 0 Å². The summed E-state index contributed by atoms with van der Waals surface area (Å²) in [6.45, 7) is 2.46. The molecule has 0 radical (unpaired) electrons. The van der Waals surface area contributed by atoms with Gasteiger partial charge in [-0.25, -0.2) is 8.42 Å². The summed E-state index contributed by atoms with van der Waals surface area (Å²) < 4.78 is 26.8. The van der Waals surface area contributed by atoms with E-state index in [1.54, 1.807) is 4.90 Å². The molecule has 1 aromatic rings. The van der Waals surface area contributed by atoms with Gasteiger partial charge in [0.2, 0.25) is 15.9 Å². The van der Waals surface area contributed by atoms with E-state index in [-0.39, 0.29) is 29.8 Å². The molecule has 1 atom stereocenters. The van der Waals surface area contributed by atoms with Crippen LogP contribution in [0.3, 0.4) is 0 Å². The average molecular weight is 382 g/mol. The normalized spacial score (nSPS) is 22.2. The Balaban J connectivity index is 1.69. The van der Waals surface area contributed by atoms with Crippen LogP contribution in [0.5, 0.6) is 0 Å². The quantitative estimate of drug-likeness (QED) is 0.597. The summed E-state index contributed by atoms with van der Waals surface area (Å²) in [5.41, 5.74) is -0.431. The van der Waals surface area contributed by atoms with Crippen molar-refractivity contribution in [1.29, 1.82) is 0 Å². The highest BCUT2D eigenvalue weighted by molar-refractivity contribution is 7.89. The van der Waals surface area contributed by atoms with Crippen LogP contribution in [0.15, 0.2) is 29.2 Å². The van der Waals surface area contributed by atoms with Crippen molar-refractivity contribution in [3.8, 4) is 0 Å². The summed E-state index contributed by atoms with van der Waals surface area (Å²) >= 11 is 0. The highest BCUT2D eigenvalue weighted by atomic mass is 32.2. The maximum absolute atomic E-state index is 12.8. The number of para-hydroxylation sites is 1. The van der Waals surface area contributed by atoms with Crippen LogP contribution in [0.1, 0.15) is 12.8 Å². The lowest BCUT2D eigenvalue weighted by atomic mass is 9.98. The van der Waals surface area contributed by atoms with Crippen molar-refractivity contribution in [1.82, 2.24) is 14.5 Å². The van der Waals surface area contributed by atoms with Crippen LogP contribution < -0.4 is 5.32 Å². The molecule has 9 nitrogen and oxygen atoms in total. The first kappa shape index (κ1) is 18.7. The van der Waals surface area contributed by atoms with Gasteiger partial charge in [-0.2, -0.15) is 4.31 Å². The minimum Gasteiger partial charge on any atom is -0.340 e. The average Bonchev–Trinajstić information content (AvgIpc) is 2.68. The molecule has 1 amide bonds. The summed E-state index contributed by atoms with van der Waals surface area (Å²) in [5, 5.41) is 14.3. The summed E-state index contributed by atoms with van der Waals surface area (Å²) in [6, 6.07) is 5.34. The van der Waals surface area contributed by atoms with Crippen molar-refractivity contribution in [2.45, 2.75) is 17.7 Å². The second-order valence-corrected chi connectivity index (χ2v) is 8.40. The molecule has 2 aliphatic heterocycles. The molecule has 1 aromatic carbocycles. The van der Waals surface area contributed by atoms with Gasteiger partial charge < -0.3 is 10.2 Å². The standard InChI is InChI=1S/C16H22N4O5S/c21-16(13-4-3-7-17-12-13)18-8-10-19(11-9-18)26(24,25)15-6-2-1-5-14(15)20(22)23/h1-2,5-6,13,17H,3-4,7-12H2. The molecule has 1 unspecified atom stereocenters. The van der Waals surface area contributed by atoms with E-state index in [0.717, 1.165) is 19.4 Å². The molecule has 0 spiro atoms. The SMILES string of the molecule is O=C(C1CCCNC1)N1CCN(S(=O)(=O)c2ccccc2[N+](=O)[O-])CC1. The zero-order valence-electron chi connectivity index (χ0n) is 14.3. The lowest BCUT2D eigenvalue weighted by molar-refractivity contribution is -0.387. The molecular weight excluding hydrogens is 360 g/mol. The van der Waals surface area contributed by atoms with E-state index in [1.165, 1.54) is 28.6 Å². The van der Waals surface area contributed by atoms with E-state index in [9.17, 15) is 23.3 Å². The molecule has 10 heteroatoms. The molecule has 2 aliphatic rings. The molecule has 0 aliphatic carbocycles. The third kappa shape index (κ3) is 3.71. The van der Waals surface area contributed by atoms with Crippen molar-refractivity contribution >= 4 is 21.6 Å². The molecule has 2 heterocycles. The third-order valence-corrected chi connectivity index (χ3v) is 6.82. The number of amides is 1. The number of benzene rings is 1. The fourth-order valence-electron chi connectivity index (χ4n) is 3.43. The lowest BCUT2D eigenvalue weighted by Crippen LogP contribution is -2.53. The van der Waals surface area contributed by atoms with Crippen LogP contribution in [0.25, 0.3) is 0 Å². The number of hydrogen-bond donors (Lipinski definition) is 1. The highest BCUT2D eigenvalue weighted by Crippen LogP contribution is 2.27. The zero-order valence-corrected chi connectivity index (χ0v) is 15.2. The number of sulfonamides is 1. The maximum atomic E-state index is 12.8. The van der Waals surface area contributed by atoms with E-state index in [4.69, 9.17) is 0 Å². The Morgan fingerprint density at radius 1 is 1.19 bits per heavy atom. The van der Waals surface area contributed by atoms with E-state index in [0.29, 0.717) is 19.6 Å². The molecule has 2 saturated heterocycles. The number of rotatable bonds is 4. The number of hydrogen-bond acceptors (Lipinski definition) is 6. The Hall–Kier alpha value is -2.04. The van der Waals surface area contributed by atoms with Crippen molar-refractivity contribution in [2.75, 3.05) is 39.3 Å². The van der Waals surface area contributed by atoms with E-state index >= 15 is 0 Å². The molecule has 0 saturated carbocycles. The van der Waals surface area contributed by atoms with Gasteiger partial charge in [0.05, 0.1) is 10.8 Å². The first-order valence-corrected chi connectivity index (χ1v) is 10.1. The van der Waals surface area contributed by atoms with Gasteiger partial charge in [0.25, 0.3) is 5.69 Å². The molecule has 0 bridgehead atoms. The van der Waals surface area contributed by atoms with Crippen LogP contribution in [0.2, 0.25) is 0 Å². The first-order chi connectivity index (χ1) is 12.4. The predicted octanol–water partition coefficient (Wildman–Crippen LogP) is 0.427. The Kier molecular flexibility index (Phi) is 5.54. The molecule has 3 rings (SSSR count). The van der Waals surface area contributed by atoms with Crippen molar-refractivity contribution < 1.29 is 18.1 Å². The minimum atomic E-state index is -3.97. The van der Waals surface area contributed by atoms with Crippen molar-refractivity contribution in [3.05, 3.63) is 34.4 Å². The monoisotopic (exact) mass is 382 g/mol. The Bertz CT molecular complexity index is 784. The van der Waals surface area contributed by atoms with E-state index in [1.807, 2.05) is 0 Å². The first-order valence-electron chi connectivity index (χ1n) is 8.64. The van der Waals surface area contributed by atoms with Gasteiger partial charge in [0, 0.05) is 38.8 Å². The molecular formula is C16H22N4O5S. The zero-order chi connectivity index (χ0) is 18.7. The summed E-state index contributed by atoms with van der Waals surface area (Å²) in [4.78, 5) is 24.4. The number of nitro groups is 1. The number of piperidine rings is 1. The summed E-state index contributed by atoms with van der Waals surface area (Å²) in [6.07, 6.45) is 1.81. The molecule has 2 fully saturated rings. The van der Waals surface area contributed by atoms with Gasteiger partial charge in [0.15, 0.2) is 4.90 Å². The van der Waals surface area contributed by atoms with Gasteiger partial charge in [-0.05, 0) is 25.5 Å². The molecule has 142 valence electrons. The van der Waals surface area contributed by atoms with E-state index in [2.05, 4.69) is 5.32 Å². The van der Waals surface area contributed by atoms with Gasteiger partial charge >= 0.3 is 0 Å². The number of piperazine rings is 1. The number of nitrogens with one attached hydrogen (secondary N) is 1. The second kappa shape index (κ2) is 7.68. The number of carbonyl (C=O) groups excluding carboxylic acids is 1. The molecule has 0 aromatic heterocycles. The maximum Gasteiger partial charge on any atom is 0.289 e. The lowest BCUT2D eigenvalue weighted by Gasteiger charge is -2.36. The largest absolute Gasteiger partial charge is 0.340 e. The Morgan fingerprint density at radius 2 is 1.88 bits per heavy atom. The summed E-state index contributed by atoms with van der Waals surface area (Å²) in [7, 11) is -3.97. The third-order valence-electron chi connectivity index (χ3n) is 4.88. The Labute approximate surface area is 152 Å². The fourth-order valence-corrected chi connectivity index (χ4v) is 5.01. The molecule has 26 heavy (non-hydrogen) atoms. The highest BCUT2D eigenvalue weighted by Gasteiger charge is 2.35. The second-order valence-electron chi connectivity index (χ2n) is 6.50. The van der Waals surface area contributed by atoms with Crippen LogP contribution in [-0.2, 0) is 14.8 Å². The number of nitrogens with zero attached hydrogens (tertiary/aromatic N) is 3. The number of carbonyl (C=O) groups is 1. The van der Waals surface area contributed by atoms with Gasteiger partial charge in [-0.15, -0.1) is 0 Å². The van der Waals surface area contributed by atoms with Crippen LogP contribution in [-0.4, -0.2) is 67.7 Å². The van der Waals surface area contributed by atoms with E-state index < -0.39 is 20.6 Å². The van der Waals surface area contributed by atoms with Crippen LogP contribution in [0, 0.1) is 16.0 Å². The summed E-state index contributed by atoms with van der Waals surface area (Å²) in [5.74, 6) is 0.00191. The van der Waals surface area contributed by atoms with Gasteiger partial charge in [0.1, 0.15) is 0 Å². The number of nitro benzene ring substituents is 1. The smallest absolute Gasteiger partial charge is 0.289 e.